The summed E-state index contributed by atoms with van der Waals surface area (Å²) in [5, 5.41) is 0. The monoisotopic (exact) mass is 290 g/mol. The van der Waals surface area contributed by atoms with Crippen LogP contribution in [-0.4, -0.2) is 17.4 Å². The third-order valence-corrected chi connectivity index (χ3v) is 5.72. The largest absolute Gasteiger partial charge is 0.459 e. The lowest BCUT2D eigenvalue weighted by Gasteiger charge is -2.35. The summed E-state index contributed by atoms with van der Waals surface area (Å²) in [6, 6.07) is 0. The number of Topliss-reactive ketones (excluding diaryl/α,β-unsaturated/α-hetero) is 1. The molecule has 2 fully saturated rings. The Morgan fingerprint density at radius 3 is 2.38 bits per heavy atom. The minimum absolute atomic E-state index is 0.0255. The predicted molar refractivity (Wildman–Crippen MR) is 80.7 cm³/mol. The molecule has 0 aromatic rings. The molecule has 0 aromatic heterocycles. The van der Waals surface area contributed by atoms with E-state index >= 15 is 0 Å². The number of carbonyl (C=O) groups excluding carboxylic acids is 2. The van der Waals surface area contributed by atoms with Gasteiger partial charge < -0.3 is 4.74 Å². The summed E-state index contributed by atoms with van der Waals surface area (Å²) in [5.74, 6) is -0.350. The van der Waals surface area contributed by atoms with Crippen molar-refractivity contribution in [1.82, 2.24) is 0 Å². The molecule has 0 aliphatic heterocycles. The van der Waals surface area contributed by atoms with Crippen LogP contribution < -0.4 is 0 Å². The van der Waals surface area contributed by atoms with Gasteiger partial charge in [0.2, 0.25) is 0 Å². The molecule has 2 bridgehead atoms. The summed E-state index contributed by atoms with van der Waals surface area (Å²) in [7, 11) is 0. The first-order valence-electron chi connectivity index (χ1n) is 8.60. The highest BCUT2D eigenvalue weighted by atomic mass is 16.6. The van der Waals surface area contributed by atoms with Crippen molar-refractivity contribution < 1.29 is 14.3 Å². The number of esters is 1. The molecule has 0 radical (unpaired) electrons. The second-order valence-electron chi connectivity index (χ2n) is 6.99. The van der Waals surface area contributed by atoms with Crippen LogP contribution in [0.4, 0.5) is 0 Å². The van der Waals surface area contributed by atoms with Crippen molar-refractivity contribution in [1.29, 1.82) is 0 Å². The minimum atomic E-state index is -0.272. The molecule has 3 rings (SSSR count). The minimum Gasteiger partial charge on any atom is -0.459 e. The van der Waals surface area contributed by atoms with Crippen LogP contribution in [0.1, 0.15) is 64.7 Å². The van der Waals surface area contributed by atoms with E-state index in [1.807, 2.05) is 12.2 Å². The van der Waals surface area contributed by atoms with Gasteiger partial charge in [0.05, 0.1) is 5.92 Å². The maximum Gasteiger partial charge on any atom is 0.310 e. The van der Waals surface area contributed by atoms with Crippen LogP contribution in [0.5, 0.6) is 0 Å². The SMILES string of the molecule is CCC1(OC(=O)C2CC3C=CC2C3=O)CCCCCCC1. The van der Waals surface area contributed by atoms with Crippen molar-refractivity contribution in [2.75, 3.05) is 0 Å². The van der Waals surface area contributed by atoms with Gasteiger partial charge in [-0.15, -0.1) is 0 Å². The summed E-state index contributed by atoms with van der Waals surface area (Å²) in [6.45, 7) is 2.13. The number of fused-ring (bicyclic) bond motifs is 2. The highest BCUT2D eigenvalue weighted by Gasteiger charge is 2.49. The first kappa shape index (κ1) is 14.8. The Kier molecular flexibility index (Phi) is 4.19. The molecule has 3 aliphatic rings. The Morgan fingerprint density at radius 1 is 1.19 bits per heavy atom. The average Bonchev–Trinajstić information content (AvgIpc) is 2.97. The van der Waals surface area contributed by atoms with E-state index in [2.05, 4.69) is 6.92 Å². The van der Waals surface area contributed by atoms with Crippen molar-refractivity contribution in [3.63, 3.8) is 0 Å². The van der Waals surface area contributed by atoms with Crippen LogP contribution in [0.15, 0.2) is 12.2 Å². The van der Waals surface area contributed by atoms with Gasteiger partial charge in [0, 0.05) is 11.8 Å². The Balaban J connectivity index is 1.67. The van der Waals surface area contributed by atoms with E-state index in [-0.39, 0.29) is 35.1 Å². The zero-order valence-electron chi connectivity index (χ0n) is 13.0. The van der Waals surface area contributed by atoms with Crippen LogP contribution in [0.2, 0.25) is 0 Å². The predicted octanol–water partition coefficient (Wildman–Crippen LogP) is 3.81. The number of ether oxygens (including phenoxy) is 1. The maximum atomic E-state index is 12.6. The molecule has 3 atom stereocenters. The van der Waals surface area contributed by atoms with Gasteiger partial charge in [-0.25, -0.2) is 0 Å². The highest BCUT2D eigenvalue weighted by molar-refractivity contribution is 5.96. The lowest BCUT2D eigenvalue weighted by atomic mass is 9.84. The van der Waals surface area contributed by atoms with Crippen LogP contribution in [0, 0.1) is 17.8 Å². The fourth-order valence-corrected chi connectivity index (χ4v) is 4.25. The molecule has 0 spiro atoms. The Hall–Kier alpha value is -1.12. The van der Waals surface area contributed by atoms with Gasteiger partial charge in [0.25, 0.3) is 0 Å². The molecular formula is C18H26O3. The third kappa shape index (κ3) is 2.79. The van der Waals surface area contributed by atoms with Crippen molar-refractivity contribution in [2.45, 2.75) is 70.3 Å². The second-order valence-corrected chi connectivity index (χ2v) is 6.99. The van der Waals surface area contributed by atoms with E-state index in [4.69, 9.17) is 4.74 Å². The van der Waals surface area contributed by atoms with E-state index in [0.29, 0.717) is 6.42 Å². The van der Waals surface area contributed by atoms with Crippen molar-refractivity contribution >= 4 is 11.8 Å². The maximum absolute atomic E-state index is 12.6. The number of hydrogen-bond donors (Lipinski definition) is 0. The fourth-order valence-electron chi connectivity index (χ4n) is 4.25. The van der Waals surface area contributed by atoms with Crippen molar-refractivity contribution in [2.24, 2.45) is 17.8 Å². The zero-order valence-corrected chi connectivity index (χ0v) is 13.0. The molecule has 3 heteroatoms. The van der Waals surface area contributed by atoms with Crippen LogP contribution >= 0.6 is 0 Å². The summed E-state index contributed by atoms with van der Waals surface area (Å²) < 4.78 is 6.02. The molecule has 116 valence electrons. The molecule has 0 amide bonds. The van der Waals surface area contributed by atoms with E-state index < -0.39 is 0 Å². The van der Waals surface area contributed by atoms with E-state index in [1.54, 1.807) is 0 Å². The van der Waals surface area contributed by atoms with E-state index in [1.165, 1.54) is 19.3 Å². The molecule has 3 nitrogen and oxygen atoms in total. The molecule has 0 aromatic carbocycles. The van der Waals surface area contributed by atoms with Crippen molar-refractivity contribution in [3.05, 3.63) is 12.2 Å². The molecule has 3 unspecified atom stereocenters. The first-order chi connectivity index (χ1) is 10.2. The zero-order chi connectivity index (χ0) is 14.9. The average molecular weight is 290 g/mol. The molecule has 3 aliphatic carbocycles. The fraction of sp³-hybridized carbons (Fsp3) is 0.778. The smallest absolute Gasteiger partial charge is 0.310 e. The summed E-state index contributed by atoms with van der Waals surface area (Å²) in [6.07, 6.45) is 13.5. The normalized spacial score (nSPS) is 34.5. The standard InChI is InChI=1S/C18H26O3/c1-2-18(10-6-4-3-5-7-11-18)21-17(20)15-12-13-8-9-14(15)16(13)19/h8-9,13-15H,2-7,10-12H2,1H3. The lowest BCUT2D eigenvalue weighted by Crippen LogP contribution is -2.38. The van der Waals surface area contributed by atoms with Gasteiger partial charge in [-0.3, -0.25) is 9.59 Å². The van der Waals surface area contributed by atoms with Gasteiger partial charge in [-0.1, -0.05) is 38.3 Å². The molecule has 0 N–H and O–H groups in total. The Morgan fingerprint density at radius 2 is 1.86 bits per heavy atom. The van der Waals surface area contributed by atoms with Crippen LogP contribution in [0.3, 0.4) is 0 Å². The quantitative estimate of drug-likeness (QED) is 0.586. The molecule has 0 saturated heterocycles. The Bertz CT molecular complexity index is 443. The number of hydrogen-bond acceptors (Lipinski definition) is 3. The summed E-state index contributed by atoms with van der Waals surface area (Å²) in [5.41, 5.74) is -0.272. The van der Waals surface area contributed by atoms with Gasteiger partial charge in [-0.2, -0.15) is 0 Å². The summed E-state index contributed by atoms with van der Waals surface area (Å²) in [4.78, 5) is 24.6. The van der Waals surface area contributed by atoms with Crippen LogP contribution in [-0.2, 0) is 14.3 Å². The first-order valence-corrected chi connectivity index (χ1v) is 8.60. The molecule has 21 heavy (non-hydrogen) atoms. The second kappa shape index (κ2) is 5.94. The number of rotatable bonds is 3. The number of ketones is 1. The van der Waals surface area contributed by atoms with Gasteiger partial charge >= 0.3 is 5.97 Å². The van der Waals surface area contributed by atoms with Gasteiger partial charge in [0.15, 0.2) is 0 Å². The van der Waals surface area contributed by atoms with Gasteiger partial charge in [-0.05, 0) is 38.5 Å². The van der Waals surface area contributed by atoms with E-state index in [9.17, 15) is 9.59 Å². The Labute approximate surface area is 127 Å². The van der Waals surface area contributed by atoms with Crippen molar-refractivity contribution in [3.8, 4) is 0 Å². The lowest BCUT2D eigenvalue weighted by molar-refractivity contribution is -0.169. The molecule has 2 saturated carbocycles. The number of allylic oxidation sites excluding steroid dienone is 2. The third-order valence-electron chi connectivity index (χ3n) is 5.72. The molecule has 0 heterocycles. The highest BCUT2D eigenvalue weighted by Crippen LogP contribution is 2.43. The molecular weight excluding hydrogens is 264 g/mol. The number of carbonyl (C=O) groups is 2. The van der Waals surface area contributed by atoms with Crippen LogP contribution in [0.25, 0.3) is 0 Å². The summed E-state index contributed by atoms with van der Waals surface area (Å²) >= 11 is 0. The topological polar surface area (TPSA) is 43.4 Å². The van der Waals surface area contributed by atoms with Gasteiger partial charge in [0.1, 0.15) is 11.4 Å². The van der Waals surface area contributed by atoms with E-state index in [0.717, 1.165) is 32.1 Å².